The van der Waals surface area contributed by atoms with Gasteiger partial charge in [0, 0.05) is 23.0 Å². The van der Waals surface area contributed by atoms with Crippen molar-refractivity contribution in [3.05, 3.63) is 35.5 Å². The first-order valence-electron chi connectivity index (χ1n) is 6.79. The second-order valence-electron chi connectivity index (χ2n) is 5.45. The average molecular weight is 257 g/mol. The molecule has 1 aliphatic carbocycles. The molecule has 0 saturated heterocycles. The van der Waals surface area contributed by atoms with E-state index in [9.17, 15) is 4.79 Å². The summed E-state index contributed by atoms with van der Waals surface area (Å²) < 4.78 is 0. The topological polar surface area (TPSA) is 70.9 Å². The summed E-state index contributed by atoms with van der Waals surface area (Å²) in [6, 6.07) is 8.22. The van der Waals surface area contributed by atoms with Crippen LogP contribution in [0.15, 0.2) is 24.3 Å². The highest BCUT2D eigenvalue weighted by atomic mass is 16.1. The van der Waals surface area contributed by atoms with E-state index in [1.807, 2.05) is 25.1 Å². The zero-order valence-electron chi connectivity index (χ0n) is 11.1. The Hall–Kier alpha value is -1.81. The van der Waals surface area contributed by atoms with E-state index < -0.39 is 0 Å². The lowest BCUT2D eigenvalue weighted by atomic mass is 10.1. The third kappa shape index (κ3) is 2.36. The van der Waals surface area contributed by atoms with E-state index >= 15 is 0 Å². The number of carbonyl (C=O) groups excluding carboxylic acids is 1. The molecule has 1 fully saturated rings. The van der Waals surface area contributed by atoms with E-state index in [-0.39, 0.29) is 18.0 Å². The minimum atomic E-state index is -0.0591. The van der Waals surface area contributed by atoms with Gasteiger partial charge >= 0.3 is 0 Å². The van der Waals surface area contributed by atoms with Gasteiger partial charge in [-0.15, -0.1) is 0 Å². The zero-order valence-corrected chi connectivity index (χ0v) is 11.1. The highest BCUT2D eigenvalue weighted by Gasteiger charge is 2.26. The minimum Gasteiger partial charge on any atom is -0.351 e. The molecule has 0 bridgehead atoms. The summed E-state index contributed by atoms with van der Waals surface area (Å²) in [5.41, 5.74) is 8.77. The van der Waals surface area contributed by atoms with Crippen LogP contribution in [0.5, 0.6) is 0 Å². The quantitative estimate of drug-likeness (QED) is 0.771. The summed E-state index contributed by atoms with van der Waals surface area (Å²) in [6.45, 7) is 2.05. The molecule has 1 aromatic heterocycles. The molecule has 1 aromatic carbocycles. The molecule has 2 aromatic rings. The number of benzene rings is 1. The first-order valence-corrected chi connectivity index (χ1v) is 6.79. The number of carbonyl (C=O) groups is 1. The van der Waals surface area contributed by atoms with Crippen LogP contribution in [0.4, 0.5) is 0 Å². The van der Waals surface area contributed by atoms with Crippen molar-refractivity contribution >= 4 is 16.8 Å². The van der Waals surface area contributed by atoms with E-state index in [1.165, 1.54) is 5.56 Å². The largest absolute Gasteiger partial charge is 0.351 e. The second kappa shape index (κ2) is 4.70. The number of hydrogen-bond donors (Lipinski definition) is 3. The Morgan fingerprint density at radius 3 is 2.95 bits per heavy atom. The molecule has 4 heteroatoms. The lowest BCUT2D eigenvalue weighted by Crippen LogP contribution is -2.44. The van der Waals surface area contributed by atoms with Crippen LogP contribution in [0.2, 0.25) is 0 Å². The Kier molecular flexibility index (Phi) is 3.03. The molecule has 0 unspecified atom stereocenters. The van der Waals surface area contributed by atoms with E-state index in [1.54, 1.807) is 0 Å². The van der Waals surface area contributed by atoms with Gasteiger partial charge in [-0.3, -0.25) is 4.79 Å². The van der Waals surface area contributed by atoms with Crippen molar-refractivity contribution in [1.29, 1.82) is 0 Å². The summed E-state index contributed by atoms with van der Waals surface area (Å²) in [4.78, 5) is 15.4. The smallest absolute Gasteiger partial charge is 0.268 e. The highest BCUT2D eigenvalue weighted by Crippen LogP contribution is 2.19. The van der Waals surface area contributed by atoms with Gasteiger partial charge in [0.1, 0.15) is 5.69 Å². The summed E-state index contributed by atoms with van der Waals surface area (Å²) in [5, 5.41) is 4.10. The molecule has 100 valence electrons. The minimum absolute atomic E-state index is 0.0591. The standard InChI is InChI=1S/C15H19N3O/c1-9-5-6-12-10(7-9)8-14(17-12)15(19)18-13-4-2-3-11(13)16/h5-8,11,13,17H,2-4,16H2,1H3,(H,18,19)/t11-,13-/m1/s1. The van der Waals surface area contributed by atoms with Crippen molar-refractivity contribution in [3.63, 3.8) is 0 Å². The maximum atomic E-state index is 12.2. The predicted octanol–water partition coefficient (Wildman–Crippen LogP) is 2.09. The van der Waals surface area contributed by atoms with Crippen molar-refractivity contribution in [1.82, 2.24) is 10.3 Å². The Bertz CT molecular complexity index is 617. The SMILES string of the molecule is Cc1ccc2[nH]c(C(=O)N[C@@H]3CCC[C@H]3N)cc2c1. The molecule has 0 aliphatic heterocycles. The highest BCUT2D eigenvalue weighted by molar-refractivity contribution is 5.98. The molecule has 0 spiro atoms. The van der Waals surface area contributed by atoms with Gasteiger partial charge in [0.15, 0.2) is 0 Å². The molecule has 4 N–H and O–H groups in total. The van der Waals surface area contributed by atoms with Crippen LogP contribution in [0.1, 0.15) is 35.3 Å². The van der Waals surface area contributed by atoms with Crippen LogP contribution in [-0.4, -0.2) is 23.0 Å². The van der Waals surface area contributed by atoms with Gasteiger partial charge in [0.2, 0.25) is 0 Å². The number of rotatable bonds is 2. The number of aromatic amines is 1. The van der Waals surface area contributed by atoms with Crippen molar-refractivity contribution in [2.45, 2.75) is 38.3 Å². The summed E-state index contributed by atoms with van der Waals surface area (Å²) in [6.07, 6.45) is 3.07. The molecule has 3 rings (SSSR count). The van der Waals surface area contributed by atoms with Gasteiger partial charge in [0.25, 0.3) is 5.91 Å². The normalized spacial score (nSPS) is 22.8. The maximum absolute atomic E-state index is 12.2. The summed E-state index contributed by atoms with van der Waals surface area (Å²) in [7, 11) is 0. The van der Waals surface area contributed by atoms with Gasteiger partial charge in [-0.2, -0.15) is 0 Å². The summed E-state index contributed by atoms with van der Waals surface area (Å²) >= 11 is 0. The Balaban J connectivity index is 1.81. The fourth-order valence-corrected chi connectivity index (χ4v) is 2.79. The predicted molar refractivity (Wildman–Crippen MR) is 76.1 cm³/mol. The van der Waals surface area contributed by atoms with Gasteiger partial charge in [-0.1, -0.05) is 11.6 Å². The second-order valence-corrected chi connectivity index (χ2v) is 5.45. The van der Waals surface area contributed by atoms with E-state index in [4.69, 9.17) is 5.73 Å². The van der Waals surface area contributed by atoms with Crippen molar-refractivity contribution in [2.24, 2.45) is 5.73 Å². The van der Waals surface area contributed by atoms with Gasteiger partial charge < -0.3 is 16.0 Å². The first-order chi connectivity index (χ1) is 9.13. The van der Waals surface area contributed by atoms with Crippen molar-refractivity contribution in [3.8, 4) is 0 Å². The molecular weight excluding hydrogens is 238 g/mol. The molecule has 1 saturated carbocycles. The Morgan fingerprint density at radius 1 is 1.37 bits per heavy atom. The van der Waals surface area contributed by atoms with Crippen molar-refractivity contribution in [2.75, 3.05) is 0 Å². The molecule has 1 amide bonds. The average Bonchev–Trinajstić information content (AvgIpc) is 2.96. The first kappa shape index (κ1) is 12.2. The maximum Gasteiger partial charge on any atom is 0.268 e. The number of nitrogens with two attached hydrogens (primary N) is 1. The van der Waals surface area contributed by atoms with Crippen LogP contribution in [-0.2, 0) is 0 Å². The molecular formula is C15H19N3O. The van der Waals surface area contributed by atoms with Crippen LogP contribution in [0.3, 0.4) is 0 Å². The number of fused-ring (bicyclic) bond motifs is 1. The van der Waals surface area contributed by atoms with Crippen LogP contribution < -0.4 is 11.1 Å². The van der Waals surface area contributed by atoms with Gasteiger partial charge in [-0.25, -0.2) is 0 Å². The lowest BCUT2D eigenvalue weighted by molar-refractivity contribution is 0.0930. The van der Waals surface area contributed by atoms with Gasteiger partial charge in [-0.05, 0) is 44.4 Å². The number of amides is 1. The van der Waals surface area contributed by atoms with E-state index in [2.05, 4.69) is 16.4 Å². The fourth-order valence-electron chi connectivity index (χ4n) is 2.79. The number of hydrogen-bond acceptors (Lipinski definition) is 2. The third-order valence-corrected chi connectivity index (χ3v) is 3.91. The number of nitrogens with one attached hydrogen (secondary N) is 2. The molecule has 1 aliphatic rings. The number of aromatic nitrogens is 1. The molecule has 0 radical (unpaired) electrons. The molecule has 2 atom stereocenters. The van der Waals surface area contributed by atoms with Crippen LogP contribution in [0, 0.1) is 6.92 Å². The molecule has 1 heterocycles. The van der Waals surface area contributed by atoms with Crippen molar-refractivity contribution < 1.29 is 4.79 Å². The number of H-pyrrole nitrogens is 1. The number of aryl methyl sites for hydroxylation is 1. The lowest BCUT2D eigenvalue weighted by Gasteiger charge is -2.16. The fraction of sp³-hybridized carbons (Fsp3) is 0.400. The van der Waals surface area contributed by atoms with Crippen LogP contribution >= 0.6 is 0 Å². The third-order valence-electron chi connectivity index (χ3n) is 3.91. The molecule has 4 nitrogen and oxygen atoms in total. The van der Waals surface area contributed by atoms with Crippen LogP contribution in [0.25, 0.3) is 10.9 Å². The Labute approximate surface area is 112 Å². The monoisotopic (exact) mass is 257 g/mol. The summed E-state index contributed by atoms with van der Waals surface area (Å²) in [5.74, 6) is -0.0591. The molecule has 19 heavy (non-hydrogen) atoms. The van der Waals surface area contributed by atoms with Gasteiger partial charge in [0.05, 0.1) is 0 Å². The van der Waals surface area contributed by atoms with E-state index in [0.717, 1.165) is 30.2 Å². The zero-order chi connectivity index (χ0) is 13.4. The van der Waals surface area contributed by atoms with E-state index in [0.29, 0.717) is 5.69 Å². The Morgan fingerprint density at radius 2 is 2.21 bits per heavy atom.